The Bertz CT molecular complexity index is 652. The topological polar surface area (TPSA) is 57.5 Å². The molecule has 0 atom stereocenters. The molecule has 0 amide bonds. The monoisotopic (exact) mass is 289 g/mol. The molecule has 0 spiro atoms. The van der Waals surface area contributed by atoms with Crippen LogP contribution in [-0.4, -0.2) is 23.1 Å². The highest BCUT2D eigenvalue weighted by molar-refractivity contribution is 5.48. The summed E-state index contributed by atoms with van der Waals surface area (Å²) >= 11 is 0. The minimum absolute atomic E-state index is 0.259. The summed E-state index contributed by atoms with van der Waals surface area (Å²) in [4.78, 5) is 0. The molecule has 1 N–H and O–H groups in total. The van der Waals surface area contributed by atoms with Gasteiger partial charge in [0.25, 0.3) is 0 Å². The van der Waals surface area contributed by atoms with E-state index in [4.69, 9.17) is 14.2 Å². The van der Waals surface area contributed by atoms with Crippen LogP contribution in [0.5, 0.6) is 23.1 Å². The van der Waals surface area contributed by atoms with Crippen molar-refractivity contribution in [3.05, 3.63) is 29.5 Å². The highest BCUT2D eigenvalue weighted by atomic mass is 16.7. The van der Waals surface area contributed by atoms with Crippen LogP contribution in [-0.2, 0) is 13.6 Å². The molecule has 1 aromatic carbocycles. The lowest BCUT2D eigenvalue weighted by Gasteiger charge is -2.09. The summed E-state index contributed by atoms with van der Waals surface area (Å²) in [6, 6.07) is 5.55. The fourth-order valence-corrected chi connectivity index (χ4v) is 2.31. The Labute approximate surface area is 123 Å². The van der Waals surface area contributed by atoms with Crippen molar-refractivity contribution in [3.8, 4) is 23.1 Å². The fraction of sp³-hybridized carbons (Fsp3) is 0.400. The average molecular weight is 289 g/mol. The molecule has 0 aliphatic carbocycles. The second-order valence-corrected chi connectivity index (χ2v) is 4.89. The zero-order chi connectivity index (χ0) is 14.8. The molecule has 1 aliphatic heterocycles. The van der Waals surface area contributed by atoms with E-state index in [9.17, 15) is 0 Å². The molecule has 0 saturated carbocycles. The Morgan fingerprint density at radius 3 is 2.95 bits per heavy atom. The van der Waals surface area contributed by atoms with E-state index in [1.807, 2.05) is 32.2 Å². The number of hydrogen-bond acceptors (Lipinski definition) is 5. The Morgan fingerprint density at radius 1 is 1.33 bits per heavy atom. The second kappa shape index (κ2) is 5.65. The van der Waals surface area contributed by atoms with Crippen molar-refractivity contribution in [2.45, 2.75) is 20.4 Å². The number of nitrogens with one attached hydrogen (secondary N) is 1. The first-order valence-electron chi connectivity index (χ1n) is 6.99. The van der Waals surface area contributed by atoms with Crippen LogP contribution in [0.25, 0.3) is 0 Å². The Morgan fingerprint density at radius 2 is 2.14 bits per heavy atom. The largest absolute Gasteiger partial charge is 0.454 e. The molecular weight excluding hydrogens is 270 g/mol. The number of hydrogen-bond donors (Lipinski definition) is 1. The molecular formula is C15H19N3O3. The van der Waals surface area contributed by atoms with Crippen LogP contribution in [0, 0.1) is 6.92 Å². The molecule has 6 heteroatoms. The second-order valence-electron chi connectivity index (χ2n) is 4.89. The van der Waals surface area contributed by atoms with Crippen molar-refractivity contribution in [1.29, 1.82) is 0 Å². The maximum atomic E-state index is 6.01. The number of aryl methyl sites for hydroxylation is 2. The van der Waals surface area contributed by atoms with E-state index in [2.05, 4.69) is 17.3 Å². The lowest BCUT2D eigenvalue weighted by atomic mass is 10.2. The highest BCUT2D eigenvalue weighted by Gasteiger charge is 2.18. The van der Waals surface area contributed by atoms with Crippen molar-refractivity contribution in [2.24, 2.45) is 7.05 Å². The van der Waals surface area contributed by atoms with Crippen LogP contribution in [0.2, 0.25) is 0 Å². The predicted octanol–water partition coefficient (Wildman–Crippen LogP) is 2.36. The summed E-state index contributed by atoms with van der Waals surface area (Å²) in [5.41, 5.74) is 2.03. The van der Waals surface area contributed by atoms with Gasteiger partial charge in [-0.3, -0.25) is 0 Å². The molecule has 0 unspecified atom stereocenters. The van der Waals surface area contributed by atoms with E-state index in [1.54, 1.807) is 4.68 Å². The van der Waals surface area contributed by atoms with Gasteiger partial charge >= 0.3 is 0 Å². The van der Waals surface area contributed by atoms with Crippen molar-refractivity contribution in [2.75, 3.05) is 13.3 Å². The van der Waals surface area contributed by atoms with Crippen molar-refractivity contribution < 1.29 is 14.2 Å². The fourth-order valence-electron chi connectivity index (χ4n) is 2.31. The van der Waals surface area contributed by atoms with Gasteiger partial charge in [-0.1, -0.05) is 6.92 Å². The molecule has 0 radical (unpaired) electrons. The van der Waals surface area contributed by atoms with Gasteiger partial charge in [0.15, 0.2) is 11.5 Å². The average Bonchev–Trinajstić information content (AvgIpc) is 3.02. The van der Waals surface area contributed by atoms with Crippen molar-refractivity contribution in [1.82, 2.24) is 15.1 Å². The molecule has 21 heavy (non-hydrogen) atoms. The van der Waals surface area contributed by atoms with Crippen molar-refractivity contribution >= 4 is 0 Å². The summed E-state index contributed by atoms with van der Waals surface area (Å²) in [5, 5.41) is 7.74. The molecule has 6 nitrogen and oxygen atoms in total. The van der Waals surface area contributed by atoms with Gasteiger partial charge in [-0.25, -0.2) is 4.68 Å². The molecule has 112 valence electrons. The lowest BCUT2D eigenvalue weighted by molar-refractivity contribution is 0.174. The molecule has 2 heterocycles. The third-order valence-electron chi connectivity index (χ3n) is 3.40. The van der Waals surface area contributed by atoms with Crippen LogP contribution < -0.4 is 19.5 Å². The summed E-state index contributed by atoms with van der Waals surface area (Å²) in [7, 11) is 1.88. The number of nitrogens with zero attached hydrogens (tertiary/aromatic N) is 2. The molecule has 0 saturated heterocycles. The lowest BCUT2D eigenvalue weighted by Crippen LogP contribution is -2.12. The third-order valence-corrected chi connectivity index (χ3v) is 3.40. The van der Waals surface area contributed by atoms with Crippen LogP contribution in [0.1, 0.15) is 18.2 Å². The van der Waals surface area contributed by atoms with Gasteiger partial charge in [0, 0.05) is 19.7 Å². The highest BCUT2D eigenvalue weighted by Crippen LogP contribution is 2.37. The quantitative estimate of drug-likeness (QED) is 0.915. The molecule has 3 rings (SSSR count). The molecule has 1 aliphatic rings. The minimum Gasteiger partial charge on any atom is -0.454 e. The summed E-state index contributed by atoms with van der Waals surface area (Å²) < 4.78 is 18.4. The molecule has 0 fully saturated rings. The maximum Gasteiger partial charge on any atom is 0.231 e. The number of aromatic nitrogens is 2. The molecule has 1 aromatic heterocycles. The predicted molar refractivity (Wildman–Crippen MR) is 78.0 cm³/mol. The van der Waals surface area contributed by atoms with E-state index in [0.717, 1.165) is 36.0 Å². The number of fused-ring (bicyclic) bond motifs is 1. The number of benzene rings is 1. The van der Waals surface area contributed by atoms with Gasteiger partial charge in [0.1, 0.15) is 5.75 Å². The van der Waals surface area contributed by atoms with Gasteiger partial charge in [-0.05, 0) is 25.6 Å². The normalized spacial score (nSPS) is 12.7. The Kier molecular flexibility index (Phi) is 3.70. The zero-order valence-electron chi connectivity index (χ0n) is 12.5. The van der Waals surface area contributed by atoms with Gasteiger partial charge in [-0.2, -0.15) is 5.10 Å². The minimum atomic E-state index is 0.259. The standard InChI is InChI=1S/C15H19N3O3/c1-4-16-8-12-10(2)17-18(3)15(12)21-11-5-6-13-14(7-11)20-9-19-13/h5-7,16H,4,8-9H2,1-3H3. The van der Waals surface area contributed by atoms with E-state index < -0.39 is 0 Å². The van der Waals surface area contributed by atoms with Crippen molar-refractivity contribution in [3.63, 3.8) is 0 Å². The first-order valence-corrected chi connectivity index (χ1v) is 6.99. The van der Waals surface area contributed by atoms with E-state index in [-0.39, 0.29) is 6.79 Å². The zero-order valence-corrected chi connectivity index (χ0v) is 12.5. The third kappa shape index (κ3) is 2.67. The SMILES string of the molecule is CCNCc1c(C)nn(C)c1Oc1ccc2c(c1)OCO2. The maximum absolute atomic E-state index is 6.01. The number of rotatable bonds is 5. The molecule has 2 aromatic rings. The smallest absolute Gasteiger partial charge is 0.231 e. The summed E-state index contributed by atoms with van der Waals surface area (Å²) in [5.74, 6) is 2.91. The van der Waals surface area contributed by atoms with Crippen LogP contribution in [0.4, 0.5) is 0 Å². The van der Waals surface area contributed by atoms with E-state index in [0.29, 0.717) is 11.5 Å². The molecule has 0 bridgehead atoms. The van der Waals surface area contributed by atoms with E-state index in [1.165, 1.54) is 0 Å². The summed E-state index contributed by atoms with van der Waals surface area (Å²) in [6.45, 7) is 5.95. The van der Waals surface area contributed by atoms with Crippen LogP contribution >= 0.6 is 0 Å². The summed E-state index contributed by atoms with van der Waals surface area (Å²) in [6.07, 6.45) is 0. The van der Waals surface area contributed by atoms with Crippen LogP contribution in [0.3, 0.4) is 0 Å². The van der Waals surface area contributed by atoms with Gasteiger partial charge < -0.3 is 19.5 Å². The first kappa shape index (κ1) is 13.8. The Hall–Kier alpha value is -2.21. The van der Waals surface area contributed by atoms with Crippen LogP contribution in [0.15, 0.2) is 18.2 Å². The first-order chi connectivity index (χ1) is 10.2. The number of ether oxygens (including phenoxy) is 3. The Balaban J connectivity index is 1.87. The van der Waals surface area contributed by atoms with E-state index >= 15 is 0 Å². The van der Waals surface area contributed by atoms with Gasteiger partial charge in [0.05, 0.1) is 11.3 Å². The van der Waals surface area contributed by atoms with Gasteiger partial charge in [0.2, 0.25) is 12.7 Å². The van der Waals surface area contributed by atoms with Gasteiger partial charge in [-0.15, -0.1) is 0 Å².